The largest absolute Gasteiger partial charge is 0.347 e. The van der Waals surface area contributed by atoms with Crippen molar-refractivity contribution >= 4 is 23.5 Å². The van der Waals surface area contributed by atoms with E-state index in [1.165, 1.54) is 12.8 Å². The van der Waals surface area contributed by atoms with Crippen LogP contribution in [0.4, 0.5) is 0 Å². The zero-order valence-electron chi connectivity index (χ0n) is 17.8. The molecule has 6 nitrogen and oxygen atoms in total. The molecular formula is C23H30N4O2S. The molecule has 2 aliphatic rings. The van der Waals surface area contributed by atoms with Crippen molar-refractivity contribution in [3.05, 3.63) is 47.3 Å². The zero-order chi connectivity index (χ0) is 21.1. The quantitative estimate of drug-likeness (QED) is 0.568. The summed E-state index contributed by atoms with van der Waals surface area (Å²) in [4.78, 5) is 28.4. The van der Waals surface area contributed by atoms with Crippen LogP contribution in [0.3, 0.4) is 0 Å². The predicted molar refractivity (Wildman–Crippen MR) is 120 cm³/mol. The van der Waals surface area contributed by atoms with Gasteiger partial charge in [0.25, 0.3) is 11.7 Å². The van der Waals surface area contributed by atoms with Crippen molar-refractivity contribution in [2.24, 2.45) is 0 Å². The van der Waals surface area contributed by atoms with Crippen molar-refractivity contribution in [3.8, 4) is 5.69 Å². The summed E-state index contributed by atoms with van der Waals surface area (Å²) in [6.45, 7) is 6.31. The van der Waals surface area contributed by atoms with E-state index in [2.05, 4.69) is 15.3 Å². The smallest absolute Gasteiger partial charge is 0.292 e. The first-order chi connectivity index (χ1) is 14.5. The van der Waals surface area contributed by atoms with Crippen LogP contribution in [-0.4, -0.2) is 63.0 Å². The van der Waals surface area contributed by atoms with Crippen LogP contribution in [0.2, 0.25) is 0 Å². The van der Waals surface area contributed by atoms with Crippen LogP contribution < -0.4 is 5.32 Å². The molecule has 1 saturated heterocycles. The van der Waals surface area contributed by atoms with Crippen molar-refractivity contribution in [1.82, 2.24) is 20.0 Å². The fourth-order valence-corrected chi connectivity index (χ4v) is 5.81. The maximum atomic E-state index is 13.0. The fraction of sp³-hybridized carbons (Fsp3) is 0.522. The van der Waals surface area contributed by atoms with E-state index in [9.17, 15) is 9.59 Å². The summed E-state index contributed by atoms with van der Waals surface area (Å²) in [6, 6.07) is 9.68. The number of aryl methyl sites for hydroxylation is 1. The summed E-state index contributed by atoms with van der Waals surface area (Å²) in [5, 5.41) is 7.50. The van der Waals surface area contributed by atoms with Crippen LogP contribution in [-0.2, 0) is 4.79 Å². The first kappa shape index (κ1) is 21.1. The topological polar surface area (TPSA) is 67.2 Å². The van der Waals surface area contributed by atoms with Crippen LogP contribution in [0.5, 0.6) is 0 Å². The second-order valence-corrected chi connectivity index (χ2v) is 9.56. The average molecular weight is 427 g/mol. The van der Waals surface area contributed by atoms with Gasteiger partial charge in [-0.2, -0.15) is 16.9 Å². The van der Waals surface area contributed by atoms with E-state index in [1.807, 2.05) is 49.0 Å². The predicted octanol–water partition coefficient (Wildman–Crippen LogP) is 3.15. The molecule has 2 heterocycles. The minimum Gasteiger partial charge on any atom is -0.347 e. The highest BCUT2D eigenvalue weighted by Gasteiger charge is 2.40. The van der Waals surface area contributed by atoms with Gasteiger partial charge in [0, 0.05) is 36.7 Å². The van der Waals surface area contributed by atoms with Gasteiger partial charge in [0.15, 0.2) is 0 Å². The Hall–Kier alpha value is -2.12. The van der Waals surface area contributed by atoms with Gasteiger partial charge in [-0.05, 0) is 38.8 Å². The van der Waals surface area contributed by atoms with E-state index < -0.39 is 11.7 Å². The number of amides is 1. The molecule has 1 aromatic carbocycles. The number of aromatic nitrogens is 2. The number of rotatable bonds is 6. The average Bonchev–Trinajstić information content (AvgIpc) is 3.38. The molecular weight excluding hydrogens is 396 g/mol. The van der Waals surface area contributed by atoms with Gasteiger partial charge < -0.3 is 5.32 Å². The Balaban J connectivity index is 1.49. The molecule has 30 heavy (non-hydrogen) atoms. The summed E-state index contributed by atoms with van der Waals surface area (Å²) in [5.74, 6) is 1.28. The summed E-state index contributed by atoms with van der Waals surface area (Å²) >= 11 is 1.99. The van der Waals surface area contributed by atoms with Gasteiger partial charge >= 0.3 is 0 Å². The number of thioether (sulfide) groups is 1. The Morgan fingerprint density at radius 3 is 2.43 bits per heavy atom. The molecule has 2 fully saturated rings. The summed E-state index contributed by atoms with van der Waals surface area (Å²) in [5.41, 5.74) is 2.58. The minimum absolute atomic E-state index is 0.00916. The number of carbonyl (C=O) groups is 2. The van der Waals surface area contributed by atoms with Gasteiger partial charge in [-0.1, -0.05) is 31.0 Å². The molecule has 1 aliphatic heterocycles. The molecule has 1 amide bonds. The Labute approximate surface area is 182 Å². The molecule has 0 spiro atoms. The number of Topliss-reactive ketones (excluding diaryl/α,β-unsaturated/α-hetero) is 1. The molecule has 0 radical (unpaired) electrons. The number of nitrogens with one attached hydrogen (secondary N) is 1. The molecule has 4 rings (SSSR count). The van der Waals surface area contributed by atoms with E-state index >= 15 is 0 Å². The number of carbonyl (C=O) groups excluding carboxylic acids is 2. The highest BCUT2D eigenvalue weighted by molar-refractivity contribution is 7.99. The SMILES string of the molecule is Cc1nn(-c2ccccc2)c(C)c1C(=O)C(=O)NCC1(N2CCSCC2)CCCC1. The molecule has 0 unspecified atom stereocenters. The third-order valence-corrected chi connectivity index (χ3v) is 7.46. The molecule has 0 atom stereocenters. The first-order valence-electron chi connectivity index (χ1n) is 10.8. The van der Waals surface area contributed by atoms with E-state index in [0.29, 0.717) is 23.5 Å². The molecule has 2 aromatic rings. The van der Waals surface area contributed by atoms with Gasteiger partial charge in [0.1, 0.15) is 0 Å². The van der Waals surface area contributed by atoms with Gasteiger partial charge in [-0.15, -0.1) is 0 Å². The molecule has 1 aromatic heterocycles. The molecule has 160 valence electrons. The summed E-state index contributed by atoms with van der Waals surface area (Å²) < 4.78 is 1.74. The number of benzene rings is 1. The lowest BCUT2D eigenvalue weighted by Gasteiger charge is -2.43. The lowest BCUT2D eigenvalue weighted by molar-refractivity contribution is -0.117. The van der Waals surface area contributed by atoms with E-state index in [4.69, 9.17) is 0 Å². The first-order valence-corrected chi connectivity index (χ1v) is 11.9. The Morgan fingerprint density at radius 2 is 1.77 bits per heavy atom. The van der Waals surface area contributed by atoms with E-state index in [-0.39, 0.29) is 5.54 Å². The molecule has 0 bridgehead atoms. The lowest BCUT2D eigenvalue weighted by Crippen LogP contribution is -2.57. The van der Waals surface area contributed by atoms with Crippen LogP contribution >= 0.6 is 11.8 Å². The molecule has 7 heteroatoms. The van der Waals surface area contributed by atoms with Crippen molar-refractivity contribution in [2.75, 3.05) is 31.1 Å². The number of nitrogens with zero attached hydrogens (tertiary/aromatic N) is 3. The second-order valence-electron chi connectivity index (χ2n) is 8.34. The normalized spacial score (nSPS) is 19.0. The molecule has 1 aliphatic carbocycles. The third kappa shape index (κ3) is 4.05. The van der Waals surface area contributed by atoms with Crippen molar-refractivity contribution in [2.45, 2.75) is 45.1 Å². The number of para-hydroxylation sites is 1. The zero-order valence-corrected chi connectivity index (χ0v) is 18.6. The van der Waals surface area contributed by atoms with Crippen molar-refractivity contribution in [3.63, 3.8) is 0 Å². The van der Waals surface area contributed by atoms with Crippen molar-refractivity contribution in [1.29, 1.82) is 0 Å². The minimum atomic E-state index is -0.522. The van der Waals surface area contributed by atoms with Crippen molar-refractivity contribution < 1.29 is 9.59 Å². The monoisotopic (exact) mass is 426 g/mol. The van der Waals surface area contributed by atoms with Gasteiger partial charge in [-0.25, -0.2) is 4.68 Å². The summed E-state index contributed by atoms with van der Waals surface area (Å²) in [7, 11) is 0. The summed E-state index contributed by atoms with van der Waals surface area (Å²) in [6.07, 6.45) is 4.57. The van der Waals surface area contributed by atoms with Crippen LogP contribution in [0.15, 0.2) is 30.3 Å². The maximum absolute atomic E-state index is 13.0. The molecule has 1 saturated carbocycles. The number of hydrogen-bond donors (Lipinski definition) is 1. The van der Waals surface area contributed by atoms with Gasteiger partial charge in [-0.3, -0.25) is 14.5 Å². The number of ketones is 1. The highest BCUT2D eigenvalue weighted by Crippen LogP contribution is 2.36. The van der Waals surface area contributed by atoms with Crippen LogP contribution in [0, 0.1) is 13.8 Å². The second kappa shape index (κ2) is 8.94. The fourth-order valence-electron chi connectivity index (χ4n) is 4.91. The van der Waals surface area contributed by atoms with Crippen LogP contribution in [0.1, 0.15) is 47.4 Å². The van der Waals surface area contributed by atoms with Gasteiger partial charge in [0.2, 0.25) is 0 Å². The number of hydrogen-bond acceptors (Lipinski definition) is 5. The van der Waals surface area contributed by atoms with E-state index in [1.54, 1.807) is 11.6 Å². The third-order valence-electron chi connectivity index (χ3n) is 6.52. The Kier molecular flexibility index (Phi) is 6.29. The Morgan fingerprint density at radius 1 is 1.10 bits per heavy atom. The van der Waals surface area contributed by atoms with Crippen LogP contribution in [0.25, 0.3) is 5.69 Å². The molecule has 1 N–H and O–H groups in total. The maximum Gasteiger partial charge on any atom is 0.292 e. The Bertz CT molecular complexity index is 913. The van der Waals surface area contributed by atoms with E-state index in [0.717, 1.165) is 43.1 Å². The standard InChI is InChI=1S/C23H30N4O2S/c1-17-20(18(2)27(25-17)19-8-4-3-5-9-19)21(28)22(29)24-16-23(10-6-7-11-23)26-12-14-30-15-13-26/h3-5,8-9H,6-7,10-16H2,1-2H3,(H,24,29). The lowest BCUT2D eigenvalue weighted by atomic mass is 9.94. The van der Waals surface area contributed by atoms with Gasteiger partial charge in [0.05, 0.1) is 22.6 Å². The highest BCUT2D eigenvalue weighted by atomic mass is 32.2.